The van der Waals surface area contributed by atoms with Crippen LogP contribution in [0.4, 0.5) is 0 Å². The molecule has 2 N–H and O–H groups in total. The molecule has 1 aliphatic carbocycles. The van der Waals surface area contributed by atoms with Crippen LogP contribution in [0.5, 0.6) is 0 Å². The first-order chi connectivity index (χ1) is 9.38. The summed E-state index contributed by atoms with van der Waals surface area (Å²) in [6.07, 6.45) is 5.06. The average molecular weight is 269 g/mol. The van der Waals surface area contributed by atoms with Crippen LogP contribution in [0.1, 0.15) is 32.6 Å². The van der Waals surface area contributed by atoms with Crippen LogP contribution in [-0.4, -0.2) is 51.5 Å². The monoisotopic (exact) mass is 269 g/mol. The van der Waals surface area contributed by atoms with Gasteiger partial charge in [-0.25, -0.2) is 0 Å². The first-order valence-corrected chi connectivity index (χ1v) is 7.60. The molecule has 0 spiro atoms. The molecule has 2 fully saturated rings. The van der Waals surface area contributed by atoms with E-state index >= 15 is 0 Å². The highest BCUT2D eigenvalue weighted by molar-refractivity contribution is 5.79. The average Bonchev–Trinajstić information content (AvgIpc) is 3.10. The molecule has 1 atom stereocenters. The summed E-state index contributed by atoms with van der Waals surface area (Å²) in [5, 5.41) is 6.63. The highest BCUT2D eigenvalue weighted by atomic mass is 16.5. The molecule has 0 radical (unpaired) electrons. The molecule has 2 rings (SSSR count). The first kappa shape index (κ1) is 14.6. The topological polar surface area (TPSA) is 54.9 Å². The second-order valence-electron chi connectivity index (χ2n) is 5.30. The number of rotatable bonds is 8. The summed E-state index contributed by atoms with van der Waals surface area (Å²) in [6, 6.07) is 0. The van der Waals surface area contributed by atoms with E-state index in [1.165, 1.54) is 12.8 Å². The van der Waals surface area contributed by atoms with Gasteiger partial charge in [-0.1, -0.05) is 0 Å². The van der Waals surface area contributed by atoms with Crippen LogP contribution >= 0.6 is 0 Å². The van der Waals surface area contributed by atoms with Crippen LogP contribution in [0.3, 0.4) is 0 Å². The lowest BCUT2D eigenvalue weighted by Gasteiger charge is -2.12. The van der Waals surface area contributed by atoms with Gasteiger partial charge >= 0.3 is 0 Å². The first-order valence-electron chi connectivity index (χ1n) is 7.60. The number of guanidine groups is 1. The lowest BCUT2D eigenvalue weighted by molar-refractivity contribution is 0.0420. The Balaban J connectivity index is 1.52. The highest BCUT2D eigenvalue weighted by Gasteiger charge is 2.20. The summed E-state index contributed by atoms with van der Waals surface area (Å²) >= 11 is 0. The van der Waals surface area contributed by atoms with E-state index in [4.69, 9.17) is 9.47 Å². The van der Waals surface area contributed by atoms with Crippen molar-refractivity contribution in [3.05, 3.63) is 0 Å². The molecule has 1 saturated heterocycles. The standard InChI is InChI=1S/C14H27N3O2/c1-2-15-14(17-10-12-4-5-12)16-7-3-8-19-13-6-9-18-11-13/h12-13H,2-11H2,1H3,(H2,15,16,17). The molecule has 1 unspecified atom stereocenters. The molecule has 0 bridgehead atoms. The molecular weight excluding hydrogens is 242 g/mol. The van der Waals surface area contributed by atoms with Crippen LogP contribution in [-0.2, 0) is 9.47 Å². The fourth-order valence-electron chi connectivity index (χ4n) is 2.04. The summed E-state index contributed by atoms with van der Waals surface area (Å²) in [7, 11) is 0. The fourth-order valence-corrected chi connectivity index (χ4v) is 2.04. The Labute approximate surface area is 116 Å². The van der Waals surface area contributed by atoms with E-state index < -0.39 is 0 Å². The maximum absolute atomic E-state index is 5.73. The van der Waals surface area contributed by atoms with E-state index in [-0.39, 0.29) is 0 Å². The zero-order valence-electron chi connectivity index (χ0n) is 12.0. The number of aliphatic imine (C=N–C) groups is 1. The summed E-state index contributed by atoms with van der Waals surface area (Å²) < 4.78 is 11.0. The van der Waals surface area contributed by atoms with Gasteiger partial charge in [0.15, 0.2) is 5.96 Å². The number of ether oxygens (including phenoxy) is 2. The van der Waals surface area contributed by atoms with Crippen molar-refractivity contribution in [3.8, 4) is 0 Å². The van der Waals surface area contributed by atoms with Crippen LogP contribution in [0.2, 0.25) is 0 Å². The van der Waals surface area contributed by atoms with Gasteiger partial charge in [-0.05, 0) is 38.5 Å². The zero-order chi connectivity index (χ0) is 13.3. The lowest BCUT2D eigenvalue weighted by atomic mass is 10.3. The number of nitrogens with zero attached hydrogens (tertiary/aromatic N) is 1. The Hall–Kier alpha value is -0.810. The van der Waals surface area contributed by atoms with E-state index in [9.17, 15) is 0 Å². The third kappa shape index (κ3) is 6.25. The number of nitrogens with one attached hydrogen (secondary N) is 2. The molecule has 5 nitrogen and oxygen atoms in total. The molecule has 0 aromatic carbocycles. The Morgan fingerprint density at radius 1 is 1.32 bits per heavy atom. The summed E-state index contributed by atoms with van der Waals surface area (Å²) in [4.78, 5) is 4.58. The van der Waals surface area contributed by atoms with Crippen molar-refractivity contribution in [1.29, 1.82) is 0 Å². The second-order valence-corrected chi connectivity index (χ2v) is 5.30. The molecule has 2 aliphatic rings. The molecule has 0 aromatic heterocycles. The molecule has 0 aromatic rings. The van der Waals surface area contributed by atoms with Crippen molar-refractivity contribution in [2.75, 3.05) is 39.5 Å². The molecule has 1 aliphatic heterocycles. The zero-order valence-corrected chi connectivity index (χ0v) is 12.0. The van der Waals surface area contributed by atoms with Crippen LogP contribution in [0, 0.1) is 5.92 Å². The lowest BCUT2D eigenvalue weighted by Crippen LogP contribution is -2.38. The Kier molecular flexibility index (Phi) is 6.44. The predicted octanol–water partition coefficient (Wildman–Crippen LogP) is 1.15. The third-order valence-electron chi connectivity index (χ3n) is 3.40. The minimum Gasteiger partial charge on any atom is -0.379 e. The summed E-state index contributed by atoms with van der Waals surface area (Å²) in [5.74, 6) is 1.78. The van der Waals surface area contributed by atoms with E-state index in [1.54, 1.807) is 0 Å². The van der Waals surface area contributed by atoms with Gasteiger partial charge in [0.2, 0.25) is 0 Å². The number of hydrogen-bond acceptors (Lipinski definition) is 3. The van der Waals surface area contributed by atoms with Crippen LogP contribution in [0.15, 0.2) is 4.99 Å². The van der Waals surface area contributed by atoms with E-state index in [0.29, 0.717) is 6.10 Å². The summed E-state index contributed by atoms with van der Waals surface area (Å²) in [6.45, 7) is 7.28. The second kappa shape index (κ2) is 8.38. The SMILES string of the molecule is CCNC(=NCC1CC1)NCCCOC1CCOC1. The van der Waals surface area contributed by atoms with Gasteiger partial charge < -0.3 is 20.1 Å². The highest BCUT2D eigenvalue weighted by Crippen LogP contribution is 2.28. The van der Waals surface area contributed by atoms with Gasteiger partial charge in [-0.2, -0.15) is 0 Å². The van der Waals surface area contributed by atoms with Gasteiger partial charge in [0.1, 0.15) is 0 Å². The minimum absolute atomic E-state index is 0.316. The van der Waals surface area contributed by atoms with Gasteiger partial charge in [0.25, 0.3) is 0 Å². The van der Waals surface area contributed by atoms with E-state index in [2.05, 4.69) is 22.5 Å². The predicted molar refractivity (Wildman–Crippen MR) is 76.5 cm³/mol. The normalized spacial score (nSPS) is 23.6. The maximum atomic E-state index is 5.73. The quantitative estimate of drug-likeness (QED) is 0.394. The molecular formula is C14H27N3O2. The van der Waals surface area contributed by atoms with Crippen LogP contribution < -0.4 is 10.6 Å². The van der Waals surface area contributed by atoms with E-state index in [1.807, 2.05) is 0 Å². The molecule has 1 saturated carbocycles. The van der Waals surface area contributed by atoms with Crippen molar-refractivity contribution >= 4 is 5.96 Å². The van der Waals surface area contributed by atoms with Crippen molar-refractivity contribution in [3.63, 3.8) is 0 Å². The Morgan fingerprint density at radius 2 is 2.21 bits per heavy atom. The van der Waals surface area contributed by atoms with Crippen molar-refractivity contribution < 1.29 is 9.47 Å². The van der Waals surface area contributed by atoms with Crippen LogP contribution in [0.25, 0.3) is 0 Å². The minimum atomic E-state index is 0.316. The van der Waals surface area contributed by atoms with Gasteiger partial charge in [-0.3, -0.25) is 4.99 Å². The molecule has 5 heteroatoms. The van der Waals surface area contributed by atoms with Crippen molar-refractivity contribution in [2.45, 2.75) is 38.7 Å². The van der Waals surface area contributed by atoms with Gasteiger partial charge in [0, 0.05) is 32.8 Å². The third-order valence-corrected chi connectivity index (χ3v) is 3.40. The molecule has 1 heterocycles. The molecule has 0 amide bonds. The Bertz CT molecular complexity index is 274. The largest absolute Gasteiger partial charge is 0.379 e. The number of hydrogen-bond donors (Lipinski definition) is 2. The summed E-state index contributed by atoms with van der Waals surface area (Å²) in [5.41, 5.74) is 0. The van der Waals surface area contributed by atoms with Gasteiger partial charge in [-0.15, -0.1) is 0 Å². The van der Waals surface area contributed by atoms with Crippen molar-refractivity contribution in [2.24, 2.45) is 10.9 Å². The molecule has 19 heavy (non-hydrogen) atoms. The van der Waals surface area contributed by atoms with Crippen molar-refractivity contribution in [1.82, 2.24) is 10.6 Å². The maximum Gasteiger partial charge on any atom is 0.191 e. The Morgan fingerprint density at radius 3 is 2.89 bits per heavy atom. The molecule has 110 valence electrons. The smallest absolute Gasteiger partial charge is 0.191 e. The fraction of sp³-hybridized carbons (Fsp3) is 0.929. The van der Waals surface area contributed by atoms with E-state index in [0.717, 1.165) is 64.2 Å². The van der Waals surface area contributed by atoms with Gasteiger partial charge in [0.05, 0.1) is 12.7 Å².